The number of ketones is 1. The molecular formula is C24H31NOSi. The van der Waals surface area contributed by atoms with Crippen LogP contribution in [0.3, 0.4) is 0 Å². The lowest BCUT2D eigenvalue weighted by molar-refractivity contribution is 0.104. The molecule has 0 aliphatic rings. The molecule has 3 heteroatoms. The number of rotatable bonds is 6. The maximum Gasteiger partial charge on any atom is 0.195 e. The van der Waals surface area contributed by atoms with Crippen molar-refractivity contribution in [3.8, 4) is 0 Å². The Morgan fingerprint density at radius 1 is 0.778 bits per heavy atom. The van der Waals surface area contributed by atoms with Crippen molar-refractivity contribution in [2.45, 2.75) is 58.2 Å². The van der Waals surface area contributed by atoms with Crippen molar-refractivity contribution in [2.24, 2.45) is 0 Å². The van der Waals surface area contributed by atoms with Gasteiger partial charge in [0.25, 0.3) is 0 Å². The first-order chi connectivity index (χ1) is 12.8. The SMILES string of the molecule is CC(C)[Si](C(C)C)(C(C)C)n1cc(C(=O)c2ccccc2)c2ccccc21. The molecule has 0 fully saturated rings. The van der Waals surface area contributed by atoms with Crippen LogP contribution in [0.5, 0.6) is 0 Å². The van der Waals surface area contributed by atoms with E-state index in [0.717, 1.165) is 16.5 Å². The predicted octanol–water partition coefficient (Wildman–Crippen LogP) is 6.90. The second-order valence-corrected chi connectivity index (χ2v) is 14.2. The molecule has 0 unspecified atom stereocenters. The summed E-state index contributed by atoms with van der Waals surface area (Å²) in [5, 5.41) is 1.07. The summed E-state index contributed by atoms with van der Waals surface area (Å²) in [5.74, 6) is 0.115. The minimum absolute atomic E-state index is 0.115. The molecule has 0 atom stereocenters. The molecule has 0 amide bonds. The zero-order chi connectivity index (χ0) is 19.8. The van der Waals surface area contributed by atoms with Gasteiger partial charge in [0, 0.05) is 28.2 Å². The molecule has 0 spiro atoms. The summed E-state index contributed by atoms with van der Waals surface area (Å²) in [4.78, 5) is 13.3. The van der Waals surface area contributed by atoms with Gasteiger partial charge in [0.15, 0.2) is 14.0 Å². The van der Waals surface area contributed by atoms with Gasteiger partial charge in [-0.1, -0.05) is 90.1 Å². The van der Waals surface area contributed by atoms with E-state index in [1.165, 1.54) is 5.52 Å². The Kier molecular flexibility index (Phi) is 5.43. The summed E-state index contributed by atoms with van der Waals surface area (Å²) in [6.45, 7) is 14.2. The monoisotopic (exact) mass is 377 g/mol. The Balaban J connectivity index is 2.31. The predicted molar refractivity (Wildman–Crippen MR) is 118 cm³/mol. The Morgan fingerprint density at radius 2 is 1.30 bits per heavy atom. The van der Waals surface area contributed by atoms with Crippen LogP contribution in [0.4, 0.5) is 0 Å². The maximum absolute atomic E-state index is 13.3. The molecule has 0 saturated carbocycles. The fourth-order valence-corrected chi connectivity index (χ4v) is 11.9. The number of hydrogen-bond donors (Lipinski definition) is 0. The standard InChI is InChI=1S/C24H31NOSi/c1-17(2)27(18(3)4,19(5)6)25-16-22(21-14-10-11-15-23(21)25)24(26)20-12-8-7-9-13-20/h7-19H,1-6H3. The summed E-state index contributed by atoms with van der Waals surface area (Å²) in [7, 11) is -1.93. The zero-order valence-electron chi connectivity index (χ0n) is 17.4. The van der Waals surface area contributed by atoms with Crippen LogP contribution in [0.15, 0.2) is 60.8 Å². The molecule has 2 nitrogen and oxygen atoms in total. The smallest absolute Gasteiger partial charge is 0.195 e. The van der Waals surface area contributed by atoms with Gasteiger partial charge in [-0.2, -0.15) is 0 Å². The largest absolute Gasteiger partial charge is 0.373 e. The average molecular weight is 378 g/mol. The highest BCUT2D eigenvalue weighted by atomic mass is 28.3. The highest BCUT2D eigenvalue weighted by molar-refractivity contribution is 6.82. The van der Waals surface area contributed by atoms with Crippen LogP contribution in [0, 0.1) is 0 Å². The number of carbonyl (C=O) groups is 1. The second-order valence-electron chi connectivity index (χ2n) is 8.48. The third kappa shape index (κ3) is 3.08. The molecule has 142 valence electrons. The van der Waals surface area contributed by atoms with Crippen LogP contribution in [0.25, 0.3) is 10.9 Å². The van der Waals surface area contributed by atoms with Crippen LogP contribution < -0.4 is 0 Å². The first kappa shape index (κ1) is 19.6. The normalized spacial score (nSPS) is 12.5. The molecule has 1 aromatic heterocycles. The number of benzene rings is 2. The molecule has 1 heterocycles. The van der Waals surface area contributed by atoms with Crippen LogP contribution in [0.2, 0.25) is 16.6 Å². The van der Waals surface area contributed by atoms with Gasteiger partial charge in [-0.25, -0.2) is 0 Å². The molecule has 2 aromatic carbocycles. The van der Waals surface area contributed by atoms with E-state index >= 15 is 0 Å². The molecule has 0 radical (unpaired) electrons. The molecule has 3 aromatic rings. The number of carbonyl (C=O) groups excluding carboxylic acids is 1. The summed E-state index contributed by atoms with van der Waals surface area (Å²) in [6.07, 6.45) is 2.17. The molecule has 0 aliphatic heterocycles. The summed E-state index contributed by atoms with van der Waals surface area (Å²) < 4.78 is 2.54. The third-order valence-corrected chi connectivity index (χ3v) is 12.9. The van der Waals surface area contributed by atoms with E-state index in [0.29, 0.717) is 16.6 Å². The summed E-state index contributed by atoms with van der Waals surface area (Å²) in [5.41, 5.74) is 4.52. The molecule has 0 saturated heterocycles. The van der Waals surface area contributed by atoms with Crippen molar-refractivity contribution in [3.05, 3.63) is 71.9 Å². The quantitative estimate of drug-likeness (QED) is 0.338. The van der Waals surface area contributed by atoms with Crippen molar-refractivity contribution in [3.63, 3.8) is 0 Å². The first-order valence-electron chi connectivity index (χ1n) is 10.0. The van der Waals surface area contributed by atoms with Crippen molar-refractivity contribution in [1.82, 2.24) is 4.23 Å². The Bertz CT molecular complexity index is 916. The fourth-order valence-electron chi connectivity index (χ4n) is 5.26. The minimum Gasteiger partial charge on any atom is -0.373 e. The Hall–Kier alpha value is -2.13. The number of fused-ring (bicyclic) bond motifs is 1. The van der Waals surface area contributed by atoms with Gasteiger partial charge < -0.3 is 4.23 Å². The van der Waals surface area contributed by atoms with E-state index in [1.807, 2.05) is 36.4 Å². The minimum atomic E-state index is -1.93. The molecule has 0 bridgehead atoms. The fraction of sp³-hybridized carbons (Fsp3) is 0.375. The lowest BCUT2D eigenvalue weighted by atomic mass is 10.0. The summed E-state index contributed by atoms with van der Waals surface area (Å²) in [6, 6.07) is 18.1. The topological polar surface area (TPSA) is 22.0 Å². The zero-order valence-corrected chi connectivity index (χ0v) is 18.4. The van der Waals surface area contributed by atoms with Gasteiger partial charge in [0.2, 0.25) is 0 Å². The van der Waals surface area contributed by atoms with Crippen molar-refractivity contribution >= 4 is 24.9 Å². The van der Waals surface area contributed by atoms with Gasteiger partial charge in [-0.05, 0) is 22.7 Å². The van der Waals surface area contributed by atoms with Gasteiger partial charge in [-0.15, -0.1) is 0 Å². The number of hydrogen-bond acceptors (Lipinski definition) is 1. The number of aromatic nitrogens is 1. The van der Waals surface area contributed by atoms with E-state index in [2.05, 4.69) is 70.2 Å². The van der Waals surface area contributed by atoms with Crippen molar-refractivity contribution in [2.75, 3.05) is 0 Å². The van der Waals surface area contributed by atoms with Crippen LogP contribution in [-0.2, 0) is 0 Å². The molecular weight excluding hydrogens is 346 g/mol. The van der Waals surface area contributed by atoms with Gasteiger partial charge in [0.05, 0.1) is 0 Å². The molecule has 27 heavy (non-hydrogen) atoms. The third-order valence-electron chi connectivity index (χ3n) is 6.18. The van der Waals surface area contributed by atoms with Gasteiger partial charge in [0.1, 0.15) is 0 Å². The number of nitrogens with zero attached hydrogens (tertiary/aromatic N) is 1. The first-order valence-corrected chi connectivity index (χ1v) is 12.2. The van der Waals surface area contributed by atoms with E-state index in [-0.39, 0.29) is 5.78 Å². The van der Waals surface area contributed by atoms with Crippen LogP contribution in [0.1, 0.15) is 57.5 Å². The maximum atomic E-state index is 13.3. The lowest BCUT2D eigenvalue weighted by Crippen LogP contribution is -2.51. The van der Waals surface area contributed by atoms with E-state index in [4.69, 9.17) is 0 Å². The van der Waals surface area contributed by atoms with Gasteiger partial charge >= 0.3 is 0 Å². The molecule has 3 rings (SSSR count). The van der Waals surface area contributed by atoms with Gasteiger partial charge in [-0.3, -0.25) is 4.79 Å². The van der Waals surface area contributed by atoms with E-state index in [9.17, 15) is 4.79 Å². The van der Waals surface area contributed by atoms with E-state index in [1.54, 1.807) is 0 Å². The average Bonchev–Trinajstić information content (AvgIpc) is 3.01. The van der Waals surface area contributed by atoms with Crippen LogP contribution >= 0.6 is 0 Å². The number of para-hydroxylation sites is 1. The molecule has 0 N–H and O–H groups in total. The summed E-state index contributed by atoms with van der Waals surface area (Å²) >= 11 is 0. The second kappa shape index (κ2) is 7.47. The Labute approximate surface area is 164 Å². The van der Waals surface area contributed by atoms with Crippen LogP contribution in [-0.4, -0.2) is 18.3 Å². The highest BCUT2D eigenvalue weighted by Gasteiger charge is 2.46. The lowest BCUT2D eigenvalue weighted by Gasteiger charge is -2.44. The Morgan fingerprint density at radius 3 is 1.85 bits per heavy atom. The molecule has 0 aliphatic carbocycles. The van der Waals surface area contributed by atoms with Crippen molar-refractivity contribution < 1.29 is 4.79 Å². The van der Waals surface area contributed by atoms with E-state index < -0.39 is 8.24 Å². The highest BCUT2D eigenvalue weighted by Crippen LogP contribution is 2.45. The van der Waals surface area contributed by atoms with Crippen molar-refractivity contribution in [1.29, 1.82) is 0 Å².